The summed E-state index contributed by atoms with van der Waals surface area (Å²) < 4.78 is 80.4. The van der Waals surface area contributed by atoms with Crippen LogP contribution in [-0.2, 0) is 15.5 Å². The minimum absolute atomic E-state index is 0.0200. The van der Waals surface area contributed by atoms with Gasteiger partial charge in [-0.25, -0.2) is 4.98 Å². The molecule has 1 aromatic heterocycles. The Morgan fingerprint density at radius 3 is 2.42 bits per heavy atom. The Balaban J connectivity index is 1.56. The fraction of sp³-hybridized carbons (Fsp3) is 0.240. The number of carbonyl (C=O) groups is 2. The van der Waals surface area contributed by atoms with Crippen LogP contribution in [0, 0.1) is 0 Å². The molecule has 3 aromatic rings. The minimum atomic E-state index is -5.76. The van der Waals surface area contributed by atoms with Gasteiger partial charge < -0.3 is 24.8 Å². The van der Waals surface area contributed by atoms with Gasteiger partial charge in [-0.05, 0) is 42.0 Å². The van der Waals surface area contributed by atoms with Crippen molar-refractivity contribution in [3.63, 3.8) is 0 Å². The molecule has 0 saturated carbocycles. The van der Waals surface area contributed by atoms with Crippen molar-refractivity contribution in [2.24, 2.45) is 0 Å². The first kappa shape index (κ1) is 26.6. The number of alkyl halides is 5. The van der Waals surface area contributed by atoms with E-state index in [-0.39, 0.29) is 30.3 Å². The second-order valence-electron chi connectivity index (χ2n) is 8.09. The van der Waals surface area contributed by atoms with Gasteiger partial charge in [-0.2, -0.15) is 22.0 Å². The predicted molar refractivity (Wildman–Crippen MR) is 124 cm³/mol. The zero-order valence-electron chi connectivity index (χ0n) is 19.6. The Kier molecular flexibility index (Phi) is 7.37. The number of nitrogens with one attached hydrogen (secondary N) is 2. The number of nitrogens with zero attached hydrogens (tertiary/aromatic N) is 1. The van der Waals surface area contributed by atoms with Gasteiger partial charge in [0.05, 0.1) is 25.1 Å². The SMILES string of the molecule is COC(=O)CC(Nc1ncccc1C(=O)Nc1ccc(C(F)(F)C(F)(F)F)cc1)c1ccc2c(c1)OCO2. The molecule has 13 heteroatoms. The lowest BCUT2D eigenvalue weighted by molar-refractivity contribution is -0.289. The summed E-state index contributed by atoms with van der Waals surface area (Å²) in [6, 6.07) is 10.3. The Labute approximate surface area is 212 Å². The van der Waals surface area contributed by atoms with Crippen molar-refractivity contribution in [2.45, 2.75) is 24.6 Å². The van der Waals surface area contributed by atoms with Crippen molar-refractivity contribution in [3.05, 3.63) is 77.5 Å². The van der Waals surface area contributed by atoms with Crippen LogP contribution in [0.15, 0.2) is 60.8 Å². The van der Waals surface area contributed by atoms with Gasteiger partial charge >= 0.3 is 18.1 Å². The molecule has 0 saturated heterocycles. The number of halogens is 5. The molecule has 0 spiro atoms. The van der Waals surface area contributed by atoms with Crippen LogP contribution < -0.4 is 20.1 Å². The summed E-state index contributed by atoms with van der Waals surface area (Å²) in [4.78, 5) is 29.3. The number of hydrogen-bond donors (Lipinski definition) is 2. The maximum absolute atomic E-state index is 13.5. The van der Waals surface area contributed by atoms with E-state index in [1.165, 1.54) is 25.4 Å². The number of pyridine rings is 1. The number of anilines is 2. The lowest BCUT2D eigenvalue weighted by atomic mass is 10.0. The van der Waals surface area contributed by atoms with Gasteiger partial charge in [-0.1, -0.05) is 18.2 Å². The lowest BCUT2D eigenvalue weighted by Crippen LogP contribution is -2.33. The van der Waals surface area contributed by atoms with Crippen LogP contribution in [-0.4, -0.2) is 36.9 Å². The first-order valence-electron chi connectivity index (χ1n) is 11.0. The van der Waals surface area contributed by atoms with Crippen molar-refractivity contribution in [3.8, 4) is 11.5 Å². The van der Waals surface area contributed by atoms with Crippen molar-refractivity contribution in [1.29, 1.82) is 0 Å². The number of esters is 1. The van der Waals surface area contributed by atoms with Crippen LogP contribution in [0.3, 0.4) is 0 Å². The molecular formula is C25H20F5N3O5. The first-order valence-corrected chi connectivity index (χ1v) is 11.0. The molecule has 1 amide bonds. The number of aromatic nitrogens is 1. The van der Waals surface area contributed by atoms with Gasteiger partial charge in [0.2, 0.25) is 6.79 Å². The molecule has 1 aliphatic rings. The smallest absolute Gasteiger partial charge is 0.458 e. The standard InChI is InChI=1S/C25H20F5N3O5/c1-36-21(34)12-18(14-4-9-19-20(11-14)38-13-37-19)33-22-17(3-2-10-31-22)23(35)32-16-7-5-15(6-8-16)24(26,27)25(28,29)30/h2-11,18H,12-13H2,1H3,(H,31,33)(H,32,35). The number of ether oxygens (including phenoxy) is 3. The largest absolute Gasteiger partial charge is 0.469 e. The van der Waals surface area contributed by atoms with Crippen molar-refractivity contribution in [1.82, 2.24) is 4.98 Å². The average Bonchev–Trinajstić information content (AvgIpc) is 3.36. The average molecular weight is 537 g/mol. The van der Waals surface area contributed by atoms with E-state index in [1.807, 2.05) is 0 Å². The number of hydrogen-bond acceptors (Lipinski definition) is 7. The molecule has 2 aromatic carbocycles. The van der Waals surface area contributed by atoms with E-state index >= 15 is 0 Å². The molecule has 2 heterocycles. The summed E-state index contributed by atoms with van der Waals surface area (Å²) in [6.07, 6.45) is -4.49. The van der Waals surface area contributed by atoms with E-state index in [0.717, 1.165) is 12.1 Å². The Bertz CT molecular complexity index is 1330. The molecule has 0 aliphatic carbocycles. The molecule has 200 valence electrons. The summed E-state index contributed by atoms with van der Waals surface area (Å²) in [7, 11) is 1.23. The van der Waals surface area contributed by atoms with E-state index < -0.39 is 35.6 Å². The minimum Gasteiger partial charge on any atom is -0.469 e. The Hall–Kier alpha value is -4.42. The third-order valence-corrected chi connectivity index (χ3v) is 5.62. The highest BCUT2D eigenvalue weighted by atomic mass is 19.4. The van der Waals surface area contributed by atoms with E-state index in [1.54, 1.807) is 18.2 Å². The third-order valence-electron chi connectivity index (χ3n) is 5.62. The number of methoxy groups -OCH3 is 1. The topological polar surface area (TPSA) is 98.8 Å². The summed E-state index contributed by atoms with van der Waals surface area (Å²) in [5, 5.41) is 5.48. The van der Waals surface area contributed by atoms with E-state index in [0.29, 0.717) is 29.2 Å². The molecule has 8 nitrogen and oxygen atoms in total. The fourth-order valence-electron chi connectivity index (χ4n) is 3.63. The highest BCUT2D eigenvalue weighted by Crippen LogP contribution is 2.44. The maximum Gasteiger partial charge on any atom is 0.458 e. The predicted octanol–water partition coefficient (Wildman–Crippen LogP) is 5.43. The number of benzene rings is 2. The lowest BCUT2D eigenvalue weighted by Gasteiger charge is -2.21. The monoisotopic (exact) mass is 537 g/mol. The normalized spacial score (nSPS) is 13.5. The molecule has 1 aliphatic heterocycles. The molecule has 38 heavy (non-hydrogen) atoms. The summed E-state index contributed by atoms with van der Waals surface area (Å²) in [6.45, 7) is 0.0489. The van der Waals surface area contributed by atoms with Crippen molar-refractivity contribution < 1.29 is 45.8 Å². The highest BCUT2D eigenvalue weighted by Gasteiger charge is 2.58. The summed E-state index contributed by atoms with van der Waals surface area (Å²) in [5.74, 6) is -5.23. The van der Waals surface area contributed by atoms with E-state index in [4.69, 9.17) is 14.2 Å². The van der Waals surface area contributed by atoms with Gasteiger partial charge in [-0.3, -0.25) is 9.59 Å². The Morgan fingerprint density at radius 1 is 1.03 bits per heavy atom. The maximum atomic E-state index is 13.5. The quantitative estimate of drug-likeness (QED) is 0.292. The molecule has 0 bridgehead atoms. The van der Waals surface area contributed by atoms with Gasteiger partial charge in [0, 0.05) is 17.4 Å². The molecule has 2 N–H and O–H groups in total. The molecule has 4 rings (SSSR count). The Morgan fingerprint density at radius 2 is 1.74 bits per heavy atom. The molecule has 1 unspecified atom stereocenters. The molecule has 0 fully saturated rings. The van der Waals surface area contributed by atoms with Crippen LogP contribution >= 0.6 is 0 Å². The van der Waals surface area contributed by atoms with Crippen LogP contribution in [0.2, 0.25) is 0 Å². The number of fused-ring (bicyclic) bond motifs is 1. The van der Waals surface area contributed by atoms with Crippen LogP contribution in [0.25, 0.3) is 0 Å². The van der Waals surface area contributed by atoms with Crippen LogP contribution in [0.5, 0.6) is 11.5 Å². The van der Waals surface area contributed by atoms with E-state index in [9.17, 15) is 31.5 Å². The number of amides is 1. The van der Waals surface area contributed by atoms with Crippen LogP contribution in [0.4, 0.5) is 33.5 Å². The van der Waals surface area contributed by atoms with Gasteiger partial charge in [0.1, 0.15) is 5.82 Å². The van der Waals surface area contributed by atoms with Crippen molar-refractivity contribution in [2.75, 3.05) is 24.5 Å². The van der Waals surface area contributed by atoms with Gasteiger partial charge in [0.15, 0.2) is 11.5 Å². The second-order valence-corrected chi connectivity index (χ2v) is 8.09. The van der Waals surface area contributed by atoms with Gasteiger partial charge in [0.25, 0.3) is 5.91 Å². The van der Waals surface area contributed by atoms with Gasteiger partial charge in [-0.15, -0.1) is 0 Å². The van der Waals surface area contributed by atoms with Crippen LogP contribution in [0.1, 0.15) is 33.9 Å². The first-order chi connectivity index (χ1) is 18.0. The van der Waals surface area contributed by atoms with Crippen molar-refractivity contribution >= 4 is 23.4 Å². The second kappa shape index (κ2) is 10.5. The molecule has 1 atom stereocenters. The highest BCUT2D eigenvalue weighted by molar-refractivity contribution is 6.07. The molecular weight excluding hydrogens is 517 g/mol. The summed E-state index contributed by atoms with van der Waals surface area (Å²) in [5.41, 5.74) is -0.653. The zero-order valence-corrected chi connectivity index (χ0v) is 19.6. The summed E-state index contributed by atoms with van der Waals surface area (Å²) >= 11 is 0. The molecule has 0 radical (unpaired) electrons. The third kappa shape index (κ3) is 5.61. The zero-order chi connectivity index (χ0) is 27.5. The fourth-order valence-corrected chi connectivity index (χ4v) is 3.63. The number of carbonyl (C=O) groups excluding carboxylic acids is 2. The van der Waals surface area contributed by atoms with E-state index in [2.05, 4.69) is 15.6 Å². The number of rotatable bonds is 8.